The summed E-state index contributed by atoms with van der Waals surface area (Å²) < 4.78 is 27.7. The minimum absolute atomic E-state index is 0.000103. The number of rotatable bonds is 5. The highest BCUT2D eigenvalue weighted by Crippen LogP contribution is 2.33. The number of benzene rings is 1. The molecule has 0 aliphatic carbocycles. The summed E-state index contributed by atoms with van der Waals surface area (Å²) in [6.07, 6.45) is 0. The molecule has 1 amide bonds. The zero-order valence-electron chi connectivity index (χ0n) is 9.89. The average molecular weight is 327 g/mol. The fraction of sp³-hybridized carbons (Fsp3) is 0.300. The van der Waals surface area contributed by atoms with Gasteiger partial charge < -0.3 is 10.5 Å². The van der Waals surface area contributed by atoms with Crippen molar-refractivity contribution in [3.05, 3.63) is 22.2 Å². The Balaban J connectivity index is 3.00. The summed E-state index contributed by atoms with van der Waals surface area (Å²) in [5, 5.41) is 4.87. The lowest BCUT2D eigenvalue weighted by Gasteiger charge is -2.12. The predicted molar refractivity (Wildman–Crippen MR) is 71.7 cm³/mol. The molecule has 0 aliphatic heterocycles. The Morgan fingerprint density at radius 3 is 2.42 bits per heavy atom. The van der Waals surface area contributed by atoms with Gasteiger partial charge >= 0.3 is 0 Å². The highest BCUT2D eigenvalue weighted by molar-refractivity contribution is 7.89. The maximum Gasteiger partial charge on any atom is 0.239 e. The van der Waals surface area contributed by atoms with E-state index in [0.29, 0.717) is 0 Å². The number of primary sulfonamides is 1. The van der Waals surface area contributed by atoms with E-state index in [1.807, 2.05) is 0 Å². The van der Waals surface area contributed by atoms with Gasteiger partial charge in [0.05, 0.1) is 22.6 Å². The maximum atomic E-state index is 11.2. The number of hydrogen-bond acceptors (Lipinski definition) is 4. The fourth-order valence-corrected chi connectivity index (χ4v) is 2.51. The summed E-state index contributed by atoms with van der Waals surface area (Å²) >= 11 is 11.6. The van der Waals surface area contributed by atoms with Gasteiger partial charge in [0.2, 0.25) is 15.9 Å². The molecule has 1 rings (SSSR count). The molecule has 0 spiro atoms. The first kappa shape index (κ1) is 16.0. The van der Waals surface area contributed by atoms with E-state index >= 15 is 0 Å². The normalized spacial score (nSPS) is 13.1. The Bertz CT molecular complexity index is 604. The van der Waals surface area contributed by atoms with Crippen LogP contribution in [0.5, 0.6) is 5.75 Å². The van der Waals surface area contributed by atoms with Gasteiger partial charge in [0.1, 0.15) is 10.6 Å². The summed E-state index contributed by atoms with van der Waals surface area (Å²) in [6.45, 7) is 1.58. The van der Waals surface area contributed by atoms with Gasteiger partial charge in [0.25, 0.3) is 0 Å². The van der Waals surface area contributed by atoms with Crippen molar-refractivity contribution in [1.29, 1.82) is 0 Å². The highest BCUT2D eigenvalue weighted by atomic mass is 35.5. The molecule has 0 bridgehead atoms. The Labute approximate surface area is 120 Å². The summed E-state index contributed by atoms with van der Waals surface area (Å²) in [5.41, 5.74) is 5.08. The van der Waals surface area contributed by atoms with E-state index in [9.17, 15) is 13.2 Å². The lowest BCUT2D eigenvalue weighted by molar-refractivity contribution is -0.122. The molecule has 0 fully saturated rings. The topological polar surface area (TPSA) is 112 Å². The molecule has 0 aromatic heterocycles. The minimum atomic E-state index is -3.96. The van der Waals surface area contributed by atoms with E-state index in [1.54, 1.807) is 6.92 Å². The van der Waals surface area contributed by atoms with E-state index in [-0.39, 0.29) is 27.3 Å². The largest absolute Gasteiger partial charge is 0.491 e. The number of carbonyl (C=O) groups excluding carboxylic acids is 1. The van der Waals surface area contributed by atoms with E-state index in [0.717, 1.165) is 6.07 Å². The second kappa shape index (κ2) is 5.96. The number of carbonyl (C=O) groups is 1. The van der Waals surface area contributed by atoms with Gasteiger partial charge in [-0.05, 0) is 6.07 Å². The molecule has 1 aromatic carbocycles. The summed E-state index contributed by atoms with van der Waals surface area (Å²) in [6, 6.07) is 2.31. The first-order chi connectivity index (χ1) is 8.62. The number of amides is 1. The van der Waals surface area contributed by atoms with Crippen molar-refractivity contribution in [2.75, 3.05) is 6.61 Å². The van der Waals surface area contributed by atoms with Crippen molar-refractivity contribution in [3.8, 4) is 5.75 Å². The van der Waals surface area contributed by atoms with Crippen LogP contribution in [0.15, 0.2) is 17.0 Å². The summed E-state index contributed by atoms with van der Waals surface area (Å²) in [5.74, 6) is -0.900. The SMILES string of the molecule is CC(COc1cc(Cl)c(S(N)(=O)=O)cc1Cl)C(N)=O. The Hall–Kier alpha value is -1.02. The summed E-state index contributed by atoms with van der Waals surface area (Å²) in [4.78, 5) is 10.5. The number of sulfonamides is 1. The third-order valence-electron chi connectivity index (χ3n) is 2.27. The molecular formula is C10H12Cl2N2O4S. The van der Waals surface area contributed by atoms with Crippen LogP contribution in [0, 0.1) is 5.92 Å². The van der Waals surface area contributed by atoms with Gasteiger partial charge in [-0.3, -0.25) is 4.79 Å². The molecule has 4 N–H and O–H groups in total. The van der Waals surface area contributed by atoms with Crippen molar-refractivity contribution in [2.45, 2.75) is 11.8 Å². The van der Waals surface area contributed by atoms with Crippen molar-refractivity contribution >= 4 is 39.1 Å². The average Bonchev–Trinajstić information content (AvgIpc) is 2.27. The maximum absolute atomic E-state index is 11.2. The smallest absolute Gasteiger partial charge is 0.239 e. The van der Waals surface area contributed by atoms with Gasteiger partial charge in [-0.2, -0.15) is 0 Å². The second-order valence-electron chi connectivity index (χ2n) is 3.87. The Morgan fingerprint density at radius 1 is 1.37 bits per heavy atom. The van der Waals surface area contributed by atoms with Crippen molar-refractivity contribution in [1.82, 2.24) is 0 Å². The molecule has 0 saturated heterocycles. The number of ether oxygens (including phenoxy) is 1. The van der Waals surface area contributed by atoms with Crippen LogP contribution in [-0.4, -0.2) is 20.9 Å². The van der Waals surface area contributed by atoms with Crippen LogP contribution in [0.1, 0.15) is 6.92 Å². The van der Waals surface area contributed by atoms with Crippen LogP contribution < -0.4 is 15.6 Å². The molecular weight excluding hydrogens is 315 g/mol. The Kier molecular flexibility index (Phi) is 5.03. The molecule has 0 aliphatic rings. The molecule has 0 radical (unpaired) electrons. The van der Waals surface area contributed by atoms with Crippen LogP contribution in [0.4, 0.5) is 0 Å². The monoisotopic (exact) mass is 326 g/mol. The van der Waals surface area contributed by atoms with Crippen molar-refractivity contribution < 1.29 is 17.9 Å². The highest BCUT2D eigenvalue weighted by Gasteiger charge is 2.18. The Morgan fingerprint density at radius 2 is 1.95 bits per heavy atom. The van der Waals surface area contributed by atoms with E-state index in [1.165, 1.54) is 6.07 Å². The quantitative estimate of drug-likeness (QED) is 0.844. The fourth-order valence-electron chi connectivity index (χ4n) is 1.14. The third kappa shape index (κ3) is 4.24. The summed E-state index contributed by atoms with van der Waals surface area (Å²) in [7, 11) is -3.96. The second-order valence-corrected chi connectivity index (χ2v) is 6.22. The molecule has 6 nitrogen and oxygen atoms in total. The zero-order chi connectivity index (χ0) is 14.8. The molecule has 19 heavy (non-hydrogen) atoms. The zero-order valence-corrected chi connectivity index (χ0v) is 12.2. The third-order valence-corrected chi connectivity index (χ3v) is 3.94. The van der Waals surface area contributed by atoms with Crippen LogP contribution in [0.25, 0.3) is 0 Å². The lowest BCUT2D eigenvalue weighted by atomic mass is 10.2. The van der Waals surface area contributed by atoms with Crippen LogP contribution >= 0.6 is 23.2 Å². The van der Waals surface area contributed by atoms with E-state index in [2.05, 4.69) is 0 Å². The number of primary amides is 1. The predicted octanol–water partition coefficient (Wildman–Crippen LogP) is 1.14. The van der Waals surface area contributed by atoms with Crippen LogP contribution in [-0.2, 0) is 14.8 Å². The van der Waals surface area contributed by atoms with Gasteiger partial charge in [0.15, 0.2) is 0 Å². The van der Waals surface area contributed by atoms with E-state index in [4.69, 9.17) is 38.8 Å². The standard InChI is InChI=1S/C10H12Cl2N2O4S/c1-5(10(13)15)4-18-8-2-7(12)9(3-6(8)11)19(14,16)17/h2-3,5H,4H2,1H3,(H2,13,15)(H2,14,16,17). The minimum Gasteiger partial charge on any atom is -0.491 e. The van der Waals surface area contributed by atoms with Gasteiger partial charge in [0, 0.05) is 6.07 Å². The van der Waals surface area contributed by atoms with Crippen molar-refractivity contribution in [2.24, 2.45) is 16.8 Å². The molecule has 9 heteroatoms. The molecule has 1 atom stereocenters. The van der Waals surface area contributed by atoms with Crippen LogP contribution in [0.2, 0.25) is 10.0 Å². The van der Waals surface area contributed by atoms with Crippen LogP contribution in [0.3, 0.4) is 0 Å². The number of hydrogen-bond donors (Lipinski definition) is 2. The number of nitrogens with two attached hydrogens (primary N) is 2. The van der Waals surface area contributed by atoms with Gasteiger partial charge in [-0.25, -0.2) is 13.6 Å². The molecule has 1 unspecified atom stereocenters. The molecule has 0 heterocycles. The molecule has 0 saturated carbocycles. The first-order valence-corrected chi connectivity index (χ1v) is 7.37. The number of halogens is 2. The molecule has 1 aromatic rings. The lowest BCUT2D eigenvalue weighted by Crippen LogP contribution is -2.25. The first-order valence-electron chi connectivity index (χ1n) is 5.07. The van der Waals surface area contributed by atoms with Gasteiger partial charge in [-0.1, -0.05) is 30.1 Å². The molecule has 106 valence electrons. The van der Waals surface area contributed by atoms with Crippen molar-refractivity contribution in [3.63, 3.8) is 0 Å². The van der Waals surface area contributed by atoms with E-state index < -0.39 is 21.8 Å². The van der Waals surface area contributed by atoms with Gasteiger partial charge in [-0.15, -0.1) is 0 Å².